The Bertz CT molecular complexity index is 1410. The second-order valence-corrected chi connectivity index (χ2v) is 13.4. The average molecular weight is 632 g/mol. The monoisotopic (exact) mass is 631 g/mol. The van der Waals surface area contributed by atoms with E-state index in [1.807, 2.05) is 52.8 Å². The summed E-state index contributed by atoms with van der Waals surface area (Å²) in [6.45, 7) is 8.59. The molecule has 3 rings (SSSR count). The molecule has 2 heterocycles. The summed E-state index contributed by atoms with van der Waals surface area (Å²) in [6.07, 6.45) is 1.73. The van der Waals surface area contributed by atoms with Crippen LogP contribution >= 0.6 is 11.3 Å². The van der Waals surface area contributed by atoms with Gasteiger partial charge in [0, 0.05) is 26.5 Å². The number of nitrogens with zero attached hydrogens (tertiary/aromatic N) is 1. The SMILES string of the molecule is CCc1ccc(-c2cc3ccc(OCC(F)(F)C(F)(F)C(F)(F)COC(=O)C(CC(C)(C)C)C(C)C)cc3s2)c(CC)n1. The summed E-state index contributed by atoms with van der Waals surface area (Å²) in [6, 6.07) is 10.1. The quantitative estimate of drug-likeness (QED) is 0.139. The molecule has 0 fully saturated rings. The van der Waals surface area contributed by atoms with Crippen LogP contribution in [0.4, 0.5) is 26.3 Å². The fourth-order valence-corrected chi connectivity index (χ4v) is 5.75. The summed E-state index contributed by atoms with van der Waals surface area (Å²) in [5.74, 6) is -19.0. The van der Waals surface area contributed by atoms with E-state index in [1.54, 1.807) is 19.9 Å². The van der Waals surface area contributed by atoms with Crippen molar-refractivity contribution in [2.75, 3.05) is 13.2 Å². The van der Waals surface area contributed by atoms with Crippen molar-refractivity contribution >= 4 is 27.4 Å². The number of ether oxygens (including phenoxy) is 2. The molecule has 238 valence electrons. The number of rotatable bonds is 13. The highest BCUT2D eigenvalue weighted by Gasteiger charge is 2.72. The Labute approximate surface area is 252 Å². The molecule has 0 N–H and O–H groups in total. The van der Waals surface area contributed by atoms with Gasteiger partial charge >= 0.3 is 23.7 Å². The number of alkyl halides is 6. The van der Waals surface area contributed by atoms with E-state index in [0.29, 0.717) is 11.1 Å². The smallest absolute Gasteiger partial charge is 0.378 e. The number of benzene rings is 1. The summed E-state index contributed by atoms with van der Waals surface area (Å²) < 4.78 is 97.4. The van der Waals surface area contributed by atoms with Gasteiger partial charge < -0.3 is 9.47 Å². The van der Waals surface area contributed by atoms with E-state index in [2.05, 4.69) is 9.72 Å². The highest BCUT2D eigenvalue weighted by molar-refractivity contribution is 7.22. The van der Waals surface area contributed by atoms with Crippen molar-refractivity contribution < 1.29 is 40.6 Å². The minimum absolute atomic E-state index is 0.178. The summed E-state index contributed by atoms with van der Waals surface area (Å²) in [4.78, 5) is 18.0. The van der Waals surface area contributed by atoms with E-state index in [-0.39, 0.29) is 23.5 Å². The van der Waals surface area contributed by atoms with Gasteiger partial charge in [-0.2, -0.15) is 26.3 Å². The number of halogens is 6. The van der Waals surface area contributed by atoms with Crippen LogP contribution in [0.15, 0.2) is 36.4 Å². The van der Waals surface area contributed by atoms with Crippen LogP contribution in [-0.2, 0) is 22.4 Å². The van der Waals surface area contributed by atoms with Crippen LogP contribution in [0.25, 0.3) is 20.5 Å². The van der Waals surface area contributed by atoms with Gasteiger partial charge in [0.25, 0.3) is 0 Å². The number of aryl methyl sites for hydroxylation is 2. The summed E-state index contributed by atoms with van der Waals surface area (Å²) >= 11 is 1.34. The maximum Gasteiger partial charge on any atom is 0.378 e. The largest absolute Gasteiger partial charge is 0.487 e. The number of pyridine rings is 1. The average Bonchev–Trinajstić information content (AvgIpc) is 3.35. The zero-order valence-corrected chi connectivity index (χ0v) is 26.3. The summed E-state index contributed by atoms with van der Waals surface area (Å²) in [5.41, 5.74) is 2.41. The maximum absolute atomic E-state index is 14.6. The molecular weight excluding hydrogens is 592 g/mol. The first-order chi connectivity index (χ1) is 19.8. The minimum atomic E-state index is -5.86. The van der Waals surface area contributed by atoms with Gasteiger partial charge in [-0.05, 0) is 72.4 Å². The molecule has 11 heteroatoms. The standard InChI is InChI=1S/C32H39F6NO3S/c1-8-21-11-13-23(25(9-2)39-21)27-14-20-10-12-22(15-26(20)43-27)41-17-30(33,34)32(37,38)31(35,36)18-42-28(40)24(19(3)4)16-29(5,6)7/h10-15,19,24H,8-9,16-18H2,1-7H3. The molecule has 1 aromatic carbocycles. The number of aromatic nitrogens is 1. The number of carbonyl (C=O) groups is 1. The molecule has 43 heavy (non-hydrogen) atoms. The van der Waals surface area contributed by atoms with Gasteiger partial charge in [-0.25, -0.2) is 0 Å². The molecule has 0 aliphatic heterocycles. The van der Waals surface area contributed by atoms with Crippen molar-refractivity contribution in [3.8, 4) is 16.2 Å². The third kappa shape index (κ3) is 8.02. The van der Waals surface area contributed by atoms with E-state index in [0.717, 1.165) is 33.6 Å². The fourth-order valence-electron chi connectivity index (χ4n) is 4.61. The molecule has 2 aromatic heterocycles. The minimum Gasteiger partial charge on any atom is -0.487 e. The van der Waals surface area contributed by atoms with Gasteiger partial charge in [0.1, 0.15) is 5.75 Å². The van der Waals surface area contributed by atoms with Gasteiger partial charge in [-0.3, -0.25) is 9.78 Å². The normalized spacial score (nSPS) is 13.9. The fraction of sp³-hybridized carbons (Fsp3) is 0.562. The maximum atomic E-state index is 14.6. The molecule has 0 spiro atoms. The number of thiophene rings is 1. The van der Waals surface area contributed by atoms with Crippen molar-refractivity contribution in [3.63, 3.8) is 0 Å². The molecule has 1 atom stereocenters. The number of fused-ring (bicyclic) bond motifs is 1. The lowest BCUT2D eigenvalue weighted by Gasteiger charge is -2.33. The molecule has 0 aliphatic rings. The molecule has 0 radical (unpaired) electrons. The Hall–Kier alpha value is -2.82. The second-order valence-electron chi connectivity index (χ2n) is 12.3. The first kappa shape index (κ1) is 34.7. The lowest BCUT2D eigenvalue weighted by molar-refractivity contribution is -0.322. The van der Waals surface area contributed by atoms with Gasteiger partial charge in [0.15, 0.2) is 13.2 Å². The van der Waals surface area contributed by atoms with Gasteiger partial charge in [0.05, 0.1) is 5.92 Å². The third-order valence-corrected chi connectivity index (χ3v) is 8.29. The van der Waals surface area contributed by atoms with Crippen LogP contribution in [0, 0.1) is 17.3 Å². The van der Waals surface area contributed by atoms with Crippen LogP contribution in [0.1, 0.15) is 66.3 Å². The number of hydrogen-bond donors (Lipinski definition) is 0. The zero-order valence-electron chi connectivity index (χ0n) is 25.5. The molecule has 0 bridgehead atoms. The molecule has 0 aliphatic carbocycles. The second kappa shape index (κ2) is 13.0. The molecule has 0 amide bonds. The Kier molecular flexibility index (Phi) is 10.5. The third-order valence-electron chi connectivity index (χ3n) is 7.16. The highest BCUT2D eigenvalue weighted by Crippen LogP contribution is 2.46. The lowest BCUT2D eigenvalue weighted by Crippen LogP contribution is -2.58. The van der Waals surface area contributed by atoms with Gasteiger partial charge in [0.2, 0.25) is 0 Å². The molecule has 3 aromatic rings. The topological polar surface area (TPSA) is 48.4 Å². The van der Waals surface area contributed by atoms with Crippen LogP contribution in [-0.4, -0.2) is 41.9 Å². The molecule has 1 unspecified atom stereocenters. The molecule has 0 saturated carbocycles. The summed E-state index contributed by atoms with van der Waals surface area (Å²) in [5, 5.41) is 0.769. The van der Waals surface area contributed by atoms with Crippen molar-refractivity contribution in [3.05, 3.63) is 47.8 Å². The number of hydrogen-bond acceptors (Lipinski definition) is 5. The summed E-state index contributed by atoms with van der Waals surface area (Å²) in [7, 11) is 0. The van der Waals surface area contributed by atoms with Gasteiger partial charge in [-0.15, -0.1) is 11.3 Å². The van der Waals surface area contributed by atoms with E-state index < -0.39 is 42.9 Å². The number of esters is 1. The molecular formula is C32H39F6NO3S. The lowest BCUT2D eigenvalue weighted by atomic mass is 9.80. The van der Waals surface area contributed by atoms with Crippen LogP contribution in [0.3, 0.4) is 0 Å². The van der Waals surface area contributed by atoms with Gasteiger partial charge in [-0.1, -0.05) is 48.5 Å². The molecule has 0 saturated heterocycles. The van der Waals surface area contributed by atoms with E-state index in [4.69, 9.17) is 4.74 Å². The zero-order chi connectivity index (χ0) is 32.4. The van der Waals surface area contributed by atoms with Crippen molar-refractivity contribution in [2.24, 2.45) is 17.3 Å². The Balaban J connectivity index is 1.72. The van der Waals surface area contributed by atoms with Crippen LogP contribution < -0.4 is 4.74 Å². The van der Waals surface area contributed by atoms with Crippen molar-refractivity contribution in [1.82, 2.24) is 4.98 Å². The Morgan fingerprint density at radius 2 is 1.56 bits per heavy atom. The predicted octanol–water partition coefficient (Wildman–Crippen LogP) is 9.62. The van der Waals surface area contributed by atoms with Crippen LogP contribution in [0.5, 0.6) is 5.75 Å². The van der Waals surface area contributed by atoms with E-state index in [1.165, 1.54) is 23.5 Å². The van der Waals surface area contributed by atoms with Crippen molar-refractivity contribution in [1.29, 1.82) is 0 Å². The van der Waals surface area contributed by atoms with E-state index >= 15 is 0 Å². The first-order valence-electron chi connectivity index (χ1n) is 14.3. The first-order valence-corrected chi connectivity index (χ1v) is 15.1. The number of carbonyl (C=O) groups excluding carboxylic acids is 1. The van der Waals surface area contributed by atoms with E-state index in [9.17, 15) is 31.1 Å². The highest BCUT2D eigenvalue weighted by atomic mass is 32.1. The Morgan fingerprint density at radius 1 is 0.907 bits per heavy atom. The Morgan fingerprint density at radius 3 is 2.14 bits per heavy atom. The van der Waals surface area contributed by atoms with Crippen molar-refractivity contribution in [2.45, 2.75) is 85.5 Å². The molecule has 4 nitrogen and oxygen atoms in total. The van der Waals surface area contributed by atoms with Crippen LogP contribution in [0.2, 0.25) is 0 Å². The predicted molar refractivity (Wildman–Crippen MR) is 158 cm³/mol.